The first-order valence-corrected chi connectivity index (χ1v) is 9.16. The van der Waals surface area contributed by atoms with Gasteiger partial charge in [0.1, 0.15) is 5.82 Å². The highest BCUT2D eigenvalue weighted by molar-refractivity contribution is 14.2. The van der Waals surface area contributed by atoms with Gasteiger partial charge < -0.3 is 8.92 Å². The molecule has 2 rings (SSSR count). The number of carbonyl (C=O) groups is 1. The minimum Gasteiger partial charge on any atom is -0.466 e. The van der Waals surface area contributed by atoms with Gasteiger partial charge in [0.25, 0.3) is 0 Å². The molecule has 6 heteroatoms. The molecule has 2 atom stereocenters. The summed E-state index contributed by atoms with van der Waals surface area (Å²) in [7, 11) is 1.26. The molecule has 19 heavy (non-hydrogen) atoms. The van der Waals surface area contributed by atoms with Gasteiger partial charge in [0.2, 0.25) is 0 Å². The van der Waals surface area contributed by atoms with Crippen molar-refractivity contribution < 1.29 is 18.1 Å². The molecule has 0 aliphatic heterocycles. The normalized spacial score (nSPS) is 25.1. The third-order valence-corrected chi connectivity index (χ3v) is 4.45. The van der Waals surface area contributed by atoms with Gasteiger partial charge in [-0.2, -0.15) is 0 Å². The molecule has 0 amide bonds. The van der Waals surface area contributed by atoms with Crippen LogP contribution in [0.4, 0.5) is 4.39 Å². The van der Waals surface area contributed by atoms with E-state index in [2.05, 4.69) is 21.2 Å². The Kier molecular flexibility index (Phi) is 5.08. The van der Waals surface area contributed by atoms with Gasteiger partial charge in [0, 0.05) is 39.5 Å². The maximum absolute atomic E-state index is 13.4. The molecule has 0 aromatic heterocycles. The van der Waals surface area contributed by atoms with E-state index < -0.39 is 0 Å². The first-order valence-electron chi connectivity index (χ1n) is 5.88. The van der Waals surface area contributed by atoms with E-state index in [1.165, 1.54) is 28.3 Å². The van der Waals surface area contributed by atoms with Crippen LogP contribution < -0.4 is 0 Å². The molecule has 1 aromatic carbocycles. The lowest BCUT2D eigenvalue weighted by Gasteiger charge is -2.17. The van der Waals surface area contributed by atoms with E-state index in [0.717, 1.165) is 12.0 Å². The van der Waals surface area contributed by atoms with Gasteiger partial charge in [0.15, 0.2) is 0 Å². The van der Waals surface area contributed by atoms with Crippen LogP contribution in [-0.4, -0.2) is 19.2 Å². The molecule has 3 nitrogen and oxygen atoms in total. The Bertz CT molecular complexity index is 471. The lowest BCUT2D eigenvalue weighted by atomic mass is 9.94. The van der Waals surface area contributed by atoms with Crippen molar-refractivity contribution in [2.45, 2.75) is 18.8 Å². The van der Waals surface area contributed by atoms with E-state index in [4.69, 9.17) is 8.92 Å². The van der Waals surface area contributed by atoms with E-state index >= 15 is 0 Å². The molecule has 0 radical (unpaired) electrons. The van der Waals surface area contributed by atoms with E-state index in [-0.39, 0.29) is 23.1 Å². The number of ether oxygens (including phenoxy) is 1. The second-order valence-corrected chi connectivity index (χ2v) is 6.14. The Morgan fingerprint density at radius 2 is 2.42 bits per heavy atom. The predicted molar refractivity (Wildman–Crippen MR) is 80.4 cm³/mol. The zero-order valence-electron chi connectivity index (χ0n) is 10.4. The summed E-state index contributed by atoms with van der Waals surface area (Å²) < 4.78 is 23.8. The lowest BCUT2D eigenvalue weighted by Crippen LogP contribution is -2.19. The summed E-state index contributed by atoms with van der Waals surface area (Å²) in [5.74, 6) is -0.344. The molecular formula is C13H14FIO3S. The van der Waals surface area contributed by atoms with Crippen LogP contribution >= 0.6 is 30.4 Å². The van der Waals surface area contributed by atoms with Gasteiger partial charge >= 0.3 is 5.97 Å². The van der Waals surface area contributed by atoms with Crippen LogP contribution in [0.2, 0.25) is 0 Å². The van der Waals surface area contributed by atoms with E-state index in [9.17, 15) is 9.18 Å². The Balaban J connectivity index is 2.11. The molecule has 1 aliphatic carbocycles. The molecule has 0 spiro atoms. The third kappa shape index (κ3) is 3.61. The average Bonchev–Trinajstić information content (AvgIpc) is 3.09. The highest BCUT2D eigenvalue weighted by Gasteiger charge is 2.56. The molecule has 1 aliphatic rings. The topological polar surface area (TPSA) is 35.5 Å². The van der Waals surface area contributed by atoms with Gasteiger partial charge in [-0.1, -0.05) is 12.1 Å². The average molecular weight is 396 g/mol. The number of rotatable bonds is 6. The van der Waals surface area contributed by atoms with Gasteiger partial charge in [-0.05, 0) is 24.1 Å². The standard InChI is InChI=1S/C13H14FIO3S/c1-9(16)17-7-11-6-13(11,8-18-19-15)10-3-2-4-12(14)5-10/h2-5,11H,6-8H2,1H3/t11-,13+/m0/s1. The fraction of sp³-hybridized carbons (Fsp3) is 0.462. The van der Waals surface area contributed by atoms with Crippen molar-refractivity contribution in [3.63, 3.8) is 0 Å². The van der Waals surface area contributed by atoms with Crippen molar-refractivity contribution in [1.29, 1.82) is 0 Å². The first kappa shape index (κ1) is 15.1. The Hall–Kier alpha value is -0.340. The number of benzene rings is 1. The van der Waals surface area contributed by atoms with Crippen LogP contribution in [0.5, 0.6) is 0 Å². The highest BCUT2D eigenvalue weighted by Crippen LogP contribution is 2.55. The van der Waals surface area contributed by atoms with Gasteiger partial charge in [-0.15, -0.1) is 0 Å². The second kappa shape index (κ2) is 6.41. The molecule has 1 fully saturated rings. The number of hydrogen-bond donors (Lipinski definition) is 0. The minimum absolute atomic E-state index is 0.196. The van der Waals surface area contributed by atoms with Crippen molar-refractivity contribution in [3.05, 3.63) is 35.6 Å². The second-order valence-electron chi connectivity index (χ2n) is 4.70. The van der Waals surface area contributed by atoms with Crippen LogP contribution in [-0.2, 0) is 19.1 Å². The van der Waals surface area contributed by atoms with E-state index in [1.807, 2.05) is 6.07 Å². The molecule has 0 unspecified atom stereocenters. The number of esters is 1. The van der Waals surface area contributed by atoms with Crippen LogP contribution in [0.3, 0.4) is 0 Å². The zero-order valence-corrected chi connectivity index (χ0v) is 13.4. The molecule has 0 saturated heterocycles. The van der Waals surface area contributed by atoms with E-state index in [0.29, 0.717) is 13.2 Å². The van der Waals surface area contributed by atoms with Crippen molar-refractivity contribution in [1.82, 2.24) is 0 Å². The molecule has 104 valence electrons. The minimum atomic E-state index is -0.288. The molecular weight excluding hydrogens is 382 g/mol. The van der Waals surface area contributed by atoms with Crippen LogP contribution in [0.25, 0.3) is 0 Å². The Morgan fingerprint density at radius 3 is 3.05 bits per heavy atom. The van der Waals surface area contributed by atoms with Crippen LogP contribution in [0, 0.1) is 11.7 Å². The largest absolute Gasteiger partial charge is 0.466 e. The summed E-state index contributed by atoms with van der Waals surface area (Å²) >= 11 is 2.06. The third-order valence-electron chi connectivity index (χ3n) is 3.48. The zero-order chi connectivity index (χ0) is 13.9. The van der Waals surface area contributed by atoms with Gasteiger partial charge in [-0.3, -0.25) is 4.79 Å². The van der Waals surface area contributed by atoms with Crippen molar-refractivity contribution in [2.75, 3.05) is 13.2 Å². The van der Waals surface area contributed by atoms with Gasteiger partial charge in [0.05, 0.1) is 22.4 Å². The van der Waals surface area contributed by atoms with Gasteiger partial charge in [-0.25, -0.2) is 4.39 Å². The predicted octanol–water partition coefficient (Wildman–Crippen LogP) is 3.66. The molecule has 0 heterocycles. The molecule has 0 bridgehead atoms. The number of carbonyl (C=O) groups excluding carboxylic acids is 1. The lowest BCUT2D eigenvalue weighted by molar-refractivity contribution is -0.141. The number of halogens is 2. The van der Waals surface area contributed by atoms with Crippen molar-refractivity contribution in [2.24, 2.45) is 5.92 Å². The maximum Gasteiger partial charge on any atom is 0.302 e. The summed E-state index contributed by atoms with van der Waals surface area (Å²) in [6.45, 7) is 2.25. The molecule has 1 aromatic rings. The van der Waals surface area contributed by atoms with Crippen LogP contribution in [0.1, 0.15) is 18.9 Å². The summed E-state index contributed by atoms with van der Waals surface area (Å²) in [5, 5.41) is 0. The van der Waals surface area contributed by atoms with Crippen molar-refractivity contribution >= 4 is 36.4 Å². The Morgan fingerprint density at radius 1 is 1.63 bits per heavy atom. The number of hydrogen-bond acceptors (Lipinski definition) is 4. The highest BCUT2D eigenvalue weighted by atomic mass is 127. The SMILES string of the molecule is CC(=O)OC[C@@H]1C[C@@]1(COSI)c1cccc(F)c1. The summed E-state index contributed by atoms with van der Waals surface area (Å²) in [6.07, 6.45) is 0.848. The Labute approximate surface area is 128 Å². The summed E-state index contributed by atoms with van der Waals surface area (Å²) in [6, 6.07) is 6.56. The van der Waals surface area contributed by atoms with Crippen molar-refractivity contribution in [3.8, 4) is 0 Å². The van der Waals surface area contributed by atoms with Crippen LogP contribution in [0.15, 0.2) is 24.3 Å². The smallest absolute Gasteiger partial charge is 0.302 e. The monoisotopic (exact) mass is 396 g/mol. The maximum atomic E-state index is 13.4. The first-order chi connectivity index (χ1) is 9.08. The summed E-state index contributed by atoms with van der Waals surface area (Å²) in [5.41, 5.74) is 0.686. The fourth-order valence-corrected chi connectivity index (χ4v) is 2.99. The molecule has 1 saturated carbocycles. The molecule has 0 N–H and O–H groups in total. The van der Waals surface area contributed by atoms with E-state index in [1.54, 1.807) is 6.07 Å². The fourth-order valence-electron chi connectivity index (χ4n) is 2.36. The summed E-state index contributed by atoms with van der Waals surface area (Å²) in [4.78, 5) is 10.9. The quantitative estimate of drug-likeness (QED) is 0.418.